The molecule has 2 heteroatoms. The molecule has 1 aliphatic rings. The molecule has 0 aromatic heterocycles. The average molecular weight is 221 g/mol. The Labute approximate surface area is 99.3 Å². The predicted octanol–water partition coefficient (Wildman–Crippen LogP) is 2.64. The predicted molar refractivity (Wildman–Crippen MR) is 69.5 cm³/mol. The lowest BCUT2D eigenvalue weighted by molar-refractivity contribution is 0.0426. The molecule has 2 nitrogen and oxygen atoms in total. The van der Waals surface area contributed by atoms with E-state index in [-0.39, 0.29) is 0 Å². The standard InChI is InChI=1S/C14H23NO/c1-5-14(10-13(4)12(2)3)11-15-6-8-16-9-7-15/h5,10,12H,1,4,6-9,11H2,2-3H3/b14-10+. The van der Waals surface area contributed by atoms with Crippen molar-refractivity contribution in [2.45, 2.75) is 13.8 Å². The van der Waals surface area contributed by atoms with Crippen LogP contribution in [0.15, 0.2) is 36.5 Å². The van der Waals surface area contributed by atoms with Crippen molar-refractivity contribution < 1.29 is 4.74 Å². The average Bonchev–Trinajstić information content (AvgIpc) is 2.29. The second-order valence-corrected chi connectivity index (χ2v) is 4.54. The third-order valence-electron chi connectivity index (χ3n) is 2.88. The zero-order valence-electron chi connectivity index (χ0n) is 10.5. The molecule has 0 unspecified atom stereocenters. The summed E-state index contributed by atoms with van der Waals surface area (Å²) in [5.74, 6) is 0.500. The maximum absolute atomic E-state index is 5.33. The molecule has 1 aliphatic heterocycles. The van der Waals surface area contributed by atoms with Crippen LogP contribution in [-0.2, 0) is 4.74 Å². The summed E-state index contributed by atoms with van der Waals surface area (Å²) in [7, 11) is 0. The molecule has 1 rings (SSSR count). The van der Waals surface area contributed by atoms with Gasteiger partial charge in [0.25, 0.3) is 0 Å². The van der Waals surface area contributed by atoms with E-state index < -0.39 is 0 Å². The van der Waals surface area contributed by atoms with Crippen LogP contribution in [0.25, 0.3) is 0 Å². The van der Waals surface area contributed by atoms with Gasteiger partial charge in [-0.25, -0.2) is 0 Å². The van der Waals surface area contributed by atoms with E-state index >= 15 is 0 Å². The summed E-state index contributed by atoms with van der Waals surface area (Å²) in [6.07, 6.45) is 4.09. The smallest absolute Gasteiger partial charge is 0.0594 e. The maximum Gasteiger partial charge on any atom is 0.0594 e. The van der Waals surface area contributed by atoms with Crippen LogP contribution in [0.4, 0.5) is 0 Å². The van der Waals surface area contributed by atoms with Crippen molar-refractivity contribution in [2.24, 2.45) is 5.92 Å². The molecular weight excluding hydrogens is 198 g/mol. The summed E-state index contributed by atoms with van der Waals surface area (Å²) >= 11 is 0. The molecule has 1 heterocycles. The van der Waals surface area contributed by atoms with Crippen molar-refractivity contribution >= 4 is 0 Å². The van der Waals surface area contributed by atoms with Crippen LogP contribution >= 0.6 is 0 Å². The largest absolute Gasteiger partial charge is 0.379 e. The van der Waals surface area contributed by atoms with E-state index in [0.29, 0.717) is 5.92 Å². The summed E-state index contributed by atoms with van der Waals surface area (Å²) < 4.78 is 5.33. The first kappa shape index (κ1) is 13.2. The first-order chi connectivity index (χ1) is 7.63. The monoisotopic (exact) mass is 221 g/mol. The van der Waals surface area contributed by atoms with Crippen molar-refractivity contribution in [1.29, 1.82) is 0 Å². The Hall–Kier alpha value is -0.860. The third-order valence-corrected chi connectivity index (χ3v) is 2.88. The van der Waals surface area contributed by atoms with E-state index in [9.17, 15) is 0 Å². The minimum Gasteiger partial charge on any atom is -0.379 e. The van der Waals surface area contributed by atoms with Gasteiger partial charge in [-0.15, -0.1) is 0 Å². The molecule has 0 aliphatic carbocycles. The molecule has 1 fully saturated rings. The zero-order chi connectivity index (χ0) is 12.0. The van der Waals surface area contributed by atoms with Gasteiger partial charge in [-0.3, -0.25) is 4.90 Å². The Morgan fingerprint density at radius 3 is 2.50 bits per heavy atom. The van der Waals surface area contributed by atoms with Gasteiger partial charge in [-0.2, -0.15) is 0 Å². The number of morpholine rings is 1. The normalized spacial score (nSPS) is 18.8. The molecular formula is C14H23NO. The molecule has 0 amide bonds. The van der Waals surface area contributed by atoms with E-state index in [1.165, 1.54) is 11.1 Å². The molecule has 0 atom stereocenters. The van der Waals surface area contributed by atoms with Gasteiger partial charge in [0.2, 0.25) is 0 Å². The minimum absolute atomic E-state index is 0.500. The van der Waals surface area contributed by atoms with Gasteiger partial charge < -0.3 is 4.74 Å². The highest BCUT2D eigenvalue weighted by atomic mass is 16.5. The maximum atomic E-state index is 5.33. The van der Waals surface area contributed by atoms with E-state index in [1.807, 2.05) is 6.08 Å². The van der Waals surface area contributed by atoms with Gasteiger partial charge in [0.05, 0.1) is 13.2 Å². The van der Waals surface area contributed by atoms with Crippen molar-refractivity contribution in [3.05, 3.63) is 36.5 Å². The van der Waals surface area contributed by atoms with E-state index in [2.05, 4.69) is 38.0 Å². The summed E-state index contributed by atoms with van der Waals surface area (Å²) in [6.45, 7) is 16.9. The first-order valence-corrected chi connectivity index (χ1v) is 5.95. The molecule has 0 spiro atoms. The highest BCUT2D eigenvalue weighted by Crippen LogP contribution is 2.13. The lowest BCUT2D eigenvalue weighted by Gasteiger charge is -2.27. The van der Waals surface area contributed by atoms with Crippen molar-refractivity contribution in [3.63, 3.8) is 0 Å². The third kappa shape index (κ3) is 4.33. The van der Waals surface area contributed by atoms with E-state index in [0.717, 1.165) is 32.8 Å². The van der Waals surface area contributed by atoms with E-state index in [4.69, 9.17) is 4.74 Å². The van der Waals surface area contributed by atoms with Crippen LogP contribution in [0.2, 0.25) is 0 Å². The van der Waals surface area contributed by atoms with Gasteiger partial charge in [0.1, 0.15) is 0 Å². The van der Waals surface area contributed by atoms with Crippen LogP contribution in [0.5, 0.6) is 0 Å². The topological polar surface area (TPSA) is 12.5 Å². The van der Waals surface area contributed by atoms with Crippen LogP contribution in [0, 0.1) is 5.92 Å². The molecule has 0 aromatic carbocycles. The second-order valence-electron chi connectivity index (χ2n) is 4.54. The summed E-state index contributed by atoms with van der Waals surface area (Å²) in [4.78, 5) is 2.39. The molecule has 1 saturated heterocycles. The fourth-order valence-electron chi connectivity index (χ4n) is 1.59. The minimum atomic E-state index is 0.500. The Balaban J connectivity index is 2.53. The van der Waals surface area contributed by atoms with Gasteiger partial charge in [-0.1, -0.05) is 44.7 Å². The summed E-state index contributed by atoms with van der Waals surface area (Å²) in [5, 5.41) is 0. The van der Waals surface area contributed by atoms with Gasteiger partial charge in [0, 0.05) is 19.6 Å². The fraction of sp³-hybridized carbons (Fsp3) is 0.571. The van der Waals surface area contributed by atoms with Gasteiger partial charge in [0.15, 0.2) is 0 Å². The number of nitrogens with zero attached hydrogens (tertiary/aromatic N) is 1. The number of hydrogen-bond acceptors (Lipinski definition) is 2. The molecule has 0 radical (unpaired) electrons. The lowest BCUT2D eigenvalue weighted by atomic mass is 10.0. The number of ether oxygens (including phenoxy) is 1. The van der Waals surface area contributed by atoms with Crippen molar-refractivity contribution in [3.8, 4) is 0 Å². The van der Waals surface area contributed by atoms with Crippen LogP contribution in [-0.4, -0.2) is 37.7 Å². The number of allylic oxidation sites excluding steroid dienone is 2. The molecule has 0 saturated carbocycles. The molecule has 90 valence electrons. The van der Waals surface area contributed by atoms with Gasteiger partial charge in [-0.05, 0) is 11.5 Å². The van der Waals surface area contributed by atoms with E-state index in [1.54, 1.807) is 0 Å². The van der Waals surface area contributed by atoms with Crippen molar-refractivity contribution in [1.82, 2.24) is 4.90 Å². The van der Waals surface area contributed by atoms with Crippen LogP contribution in [0.3, 0.4) is 0 Å². The summed E-state index contributed by atoms with van der Waals surface area (Å²) in [6, 6.07) is 0. The molecule has 0 bridgehead atoms. The van der Waals surface area contributed by atoms with Crippen LogP contribution < -0.4 is 0 Å². The quantitative estimate of drug-likeness (QED) is 0.662. The first-order valence-electron chi connectivity index (χ1n) is 5.95. The lowest BCUT2D eigenvalue weighted by Crippen LogP contribution is -2.37. The van der Waals surface area contributed by atoms with Crippen LogP contribution in [0.1, 0.15) is 13.8 Å². The highest BCUT2D eigenvalue weighted by Gasteiger charge is 2.11. The Kier molecular flexibility index (Phi) is 5.50. The molecule has 16 heavy (non-hydrogen) atoms. The van der Waals surface area contributed by atoms with Crippen molar-refractivity contribution in [2.75, 3.05) is 32.8 Å². The summed E-state index contributed by atoms with van der Waals surface area (Å²) in [5.41, 5.74) is 2.42. The number of hydrogen-bond donors (Lipinski definition) is 0. The zero-order valence-corrected chi connectivity index (χ0v) is 10.5. The Morgan fingerprint density at radius 2 is 2.00 bits per heavy atom. The Morgan fingerprint density at radius 1 is 1.38 bits per heavy atom. The molecule has 0 N–H and O–H groups in total. The Bertz CT molecular complexity index is 272. The number of rotatable bonds is 5. The highest BCUT2D eigenvalue weighted by molar-refractivity contribution is 5.29. The fourth-order valence-corrected chi connectivity index (χ4v) is 1.59. The molecule has 0 aromatic rings. The SMILES string of the molecule is C=C/C(=C\C(=C)C(C)C)CN1CCOCC1. The van der Waals surface area contributed by atoms with Gasteiger partial charge >= 0.3 is 0 Å². The second kappa shape index (κ2) is 6.66.